The number of ether oxygens (including phenoxy) is 2. The van der Waals surface area contributed by atoms with Gasteiger partial charge in [-0.05, 0) is 18.8 Å². The summed E-state index contributed by atoms with van der Waals surface area (Å²) in [6.07, 6.45) is 4.52. The van der Waals surface area contributed by atoms with E-state index in [1.165, 1.54) is 5.57 Å². The van der Waals surface area contributed by atoms with Crippen molar-refractivity contribution < 1.29 is 24.5 Å². The predicted octanol–water partition coefficient (Wildman–Crippen LogP) is 0.898. The summed E-state index contributed by atoms with van der Waals surface area (Å²) in [5.74, 6) is -0.0529. The van der Waals surface area contributed by atoms with Crippen molar-refractivity contribution in [1.82, 2.24) is 9.80 Å². The summed E-state index contributed by atoms with van der Waals surface area (Å²) < 4.78 is 11.2. The topological polar surface area (TPSA) is 82.5 Å². The summed E-state index contributed by atoms with van der Waals surface area (Å²) in [7, 11) is 0. The van der Waals surface area contributed by atoms with Crippen molar-refractivity contribution in [3.05, 3.63) is 11.6 Å². The SMILES string of the molecule is C[C@@H]1CCC=C2C[C@H]3OC(=O)[C@H](CN4CCN(CCOCCO)CC4)[C@H]3[C@H](O)[C@@]21C. The number of hydrogen-bond acceptors (Lipinski definition) is 7. The molecule has 6 atom stereocenters. The van der Waals surface area contributed by atoms with Gasteiger partial charge in [0, 0.05) is 57.0 Å². The van der Waals surface area contributed by atoms with Crippen molar-refractivity contribution in [3.63, 3.8) is 0 Å². The molecule has 4 aliphatic rings. The second-order valence-electron chi connectivity index (χ2n) is 9.78. The summed E-state index contributed by atoms with van der Waals surface area (Å²) >= 11 is 0. The van der Waals surface area contributed by atoms with Crippen molar-refractivity contribution in [2.45, 2.75) is 45.3 Å². The van der Waals surface area contributed by atoms with Crippen molar-refractivity contribution in [2.24, 2.45) is 23.2 Å². The number of nitrogens with zero attached hydrogens (tertiary/aromatic N) is 2. The summed E-state index contributed by atoms with van der Waals surface area (Å²) in [5, 5.41) is 20.3. The third-order valence-electron chi connectivity index (χ3n) is 8.28. The van der Waals surface area contributed by atoms with Crippen molar-refractivity contribution in [1.29, 1.82) is 0 Å². The third-order valence-corrected chi connectivity index (χ3v) is 8.28. The van der Waals surface area contributed by atoms with Gasteiger partial charge in [0.05, 0.1) is 31.8 Å². The van der Waals surface area contributed by atoms with E-state index >= 15 is 0 Å². The van der Waals surface area contributed by atoms with Gasteiger partial charge in [-0.1, -0.05) is 25.5 Å². The minimum absolute atomic E-state index is 0.0639. The number of hydrogen-bond donors (Lipinski definition) is 2. The zero-order chi connectivity index (χ0) is 21.3. The molecule has 0 unspecified atom stereocenters. The van der Waals surface area contributed by atoms with Gasteiger partial charge in [0.15, 0.2) is 0 Å². The lowest BCUT2D eigenvalue weighted by atomic mass is 9.55. The first-order valence-corrected chi connectivity index (χ1v) is 11.7. The van der Waals surface area contributed by atoms with Crippen LogP contribution in [-0.4, -0.2) is 97.3 Å². The Kier molecular flexibility index (Phi) is 6.85. The molecule has 2 saturated heterocycles. The van der Waals surface area contributed by atoms with Gasteiger partial charge in [-0.3, -0.25) is 14.6 Å². The van der Waals surface area contributed by atoms with E-state index in [2.05, 4.69) is 29.7 Å². The Morgan fingerprint density at radius 1 is 1.23 bits per heavy atom. The minimum Gasteiger partial charge on any atom is -0.461 e. The third kappa shape index (κ3) is 4.07. The average Bonchev–Trinajstić information content (AvgIpc) is 3.04. The molecule has 3 fully saturated rings. The maximum absolute atomic E-state index is 12.8. The van der Waals surface area contributed by atoms with Crippen LogP contribution in [0.1, 0.15) is 33.1 Å². The monoisotopic (exact) mass is 422 g/mol. The highest BCUT2D eigenvalue weighted by atomic mass is 16.6. The van der Waals surface area contributed by atoms with E-state index in [1.54, 1.807) is 0 Å². The zero-order valence-electron chi connectivity index (χ0n) is 18.5. The highest BCUT2D eigenvalue weighted by Crippen LogP contribution is 2.56. The molecule has 2 aliphatic heterocycles. The number of allylic oxidation sites excluding steroid dienone is 1. The first-order chi connectivity index (χ1) is 14.4. The molecule has 0 radical (unpaired) electrons. The molecule has 170 valence electrons. The molecule has 2 N–H and O–H groups in total. The van der Waals surface area contributed by atoms with Gasteiger partial charge in [-0.25, -0.2) is 0 Å². The van der Waals surface area contributed by atoms with E-state index in [1.807, 2.05) is 0 Å². The van der Waals surface area contributed by atoms with Gasteiger partial charge in [-0.15, -0.1) is 0 Å². The standard InChI is InChI=1S/C23H38N2O5/c1-16-4-3-5-17-14-19-20(21(27)23(16,17)2)18(22(28)30-19)15-25-8-6-24(7-9-25)10-12-29-13-11-26/h5,16,18-21,26-27H,3-4,6-15H2,1-2H3/t16-,18-,19-,20-,21+,23-/m1/s1. The quantitative estimate of drug-likeness (QED) is 0.358. The summed E-state index contributed by atoms with van der Waals surface area (Å²) in [4.78, 5) is 17.5. The smallest absolute Gasteiger partial charge is 0.311 e. The van der Waals surface area contributed by atoms with Gasteiger partial charge >= 0.3 is 5.97 Å². The Bertz CT molecular complexity index is 648. The maximum atomic E-state index is 12.8. The molecule has 7 heteroatoms. The molecule has 2 heterocycles. The van der Waals surface area contributed by atoms with Crippen LogP contribution in [0.15, 0.2) is 11.6 Å². The summed E-state index contributed by atoms with van der Waals surface area (Å²) in [6.45, 7) is 10.8. The van der Waals surface area contributed by atoms with Crippen molar-refractivity contribution in [2.75, 3.05) is 59.1 Å². The molecule has 0 aromatic heterocycles. The number of rotatable bonds is 7. The Labute approximate surface area is 180 Å². The van der Waals surface area contributed by atoms with Crippen LogP contribution in [-0.2, 0) is 14.3 Å². The fraction of sp³-hybridized carbons (Fsp3) is 0.870. The maximum Gasteiger partial charge on any atom is 0.311 e. The van der Waals surface area contributed by atoms with Crippen LogP contribution < -0.4 is 0 Å². The Morgan fingerprint density at radius 3 is 2.70 bits per heavy atom. The van der Waals surface area contributed by atoms with Crippen LogP contribution in [0.2, 0.25) is 0 Å². The van der Waals surface area contributed by atoms with E-state index in [0.29, 0.717) is 25.7 Å². The van der Waals surface area contributed by atoms with Gasteiger partial charge < -0.3 is 19.7 Å². The number of carbonyl (C=O) groups is 1. The van der Waals surface area contributed by atoms with E-state index in [4.69, 9.17) is 14.6 Å². The number of esters is 1. The fourth-order valence-corrected chi connectivity index (χ4v) is 6.11. The molecule has 0 spiro atoms. The molecule has 1 saturated carbocycles. The second kappa shape index (κ2) is 9.25. The lowest BCUT2D eigenvalue weighted by molar-refractivity contribution is -0.145. The number of fused-ring (bicyclic) bond motifs is 2. The second-order valence-corrected chi connectivity index (χ2v) is 9.78. The first-order valence-electron chi connectivity index (χ1n) is 11.7. The van der Waals surface area contributed by atoms with Crippen molar-refractivity contribution >= 4 is 5.97 Å². The van der Waals surface area contributed by atoms with Gasteiger partial charge in [-0.2, -0.15) is 0 Å². The van der Waals surface area contributed by atoms with Crippen LogP contribution in [0.5, 0.6) is 0 Å². The molecule has 0 aromatic rings. The van der Waals surface area contributed by atoms with Crippen LogP contribution >= 0.6 is 0 Å². The van der Waals surface area contributed by atoms with E-state index < -0.39 is 6.10 Å². The number of aliphatic hydroxyl groups is 2. The van der Waals surface area contributed by atoms with E-state index in [9.17, 15) is 9.90 Å². The molecule has 0 amide bonds. The highest BCUT2D eigenvalue weighted by molar-refractivity contribution is 5.76. The van der Waals surface area contributed by atoms with Crippen LogP contribution in [0.4, 0.5) is 0 Å². The number of carbonyl (C=O) groups excluding carboxylic acids is 1. The molecular formula is C23H38N2O5. The Balaban J connectivity index is 1.36. The van der Waals surface area contributed by atoms with Gasteiger partial charge in [0.2, 0.25) is 0 Å². The first kappa shape index (κ1) is 22.2. The molecule has 30 heavy (non-hydrogen) atoms. The lowest BCUT2D eigenvalue weighted by Gasteiger charge is -2.52. The Hall–Kier alpha value is -0.990. The lowest BCUT2D eigenvalue weighted by Crippen LogP contribution is -2.55. The highest BCUT2D eigenvalue weighted by Gasteiger charge is 2.59. The average molecular weight is 423 g/mol. The van der Waals surface area contributed by atoms with Gasteiger partial charge in [0.25, 0.3) is 0 Å². The van der Waals surface area contributed by atoms with Crippen LogP contribution in [0.3, 0.4) is 0 Å². The molecule has 7 nitrogen and oxygen atoms in total. The Morgan fingerprint density at radius 2 is 1.97 bits per heavy atom. The van der Waals surface area contributed by atoms with Crippen LogP contribution in [0.25, 0.3) is 0 Å². The predicted molar refractivity (Wildman–Crippen MR) is 113 cm³/mol. The zero-order valence-corrected chi connectivity index (χ0v) is 18.5. The fourth-order valence-electron chi connectivity index (χ4n) is 6.11. The van der Waals surface area contributed by atoms with E-state index in [0.717, 1.165) is 52.0 Å². The summed E-state index contributed by atoms with van der Waals surface area (Å²) in [6, 6.07) is 0. The van der Waals surface area contributed by atoms with Gasteiger partial charge in [0.1, 0.15) is 6.10 Å². The molecule has 0 aromatic carbocycles. The molecular weight excluding hydrogens is 384 g/mol. The number of piperazine rings is 1. The minimum atomic E-state index is -0.529. The largest absolute Gasteiger partial charge is 0.461 e. The summed E-state index contributed by atoms with van der Waals surface area (Å²) in [5.41, 5.74) is 1.05. The molecule has 0 bridgehead atoms. The van der Waals surface area contributed by atoms with E-state index in [-0.39, 0.29) is 35.9 Å². The van der Waals surface area contributed by atoms with Crippen molar-refractivity contribution in [3.8, 4) is 0 Å². The normalized spacial score (nSPS) is 39.9. The number of aliphatic hydroxyl groups excluding tert-OH is 2. The van der Waals surface area contributed by atoms with Crippen LogP contribution in [0, 0.1) is 23.2 Å². The molecule has 2 aliphatic carbocycles. The molecule has 4 rings (SSSR count).